The van der Waals surface area contributed by atoms with Crippen molar-refractivity contribution in [1.82, 2.24) is 0 Å². The Morgan fingerprint density at radius 1 is 1.50 bits per heavy atom. The van der Waals surface area contributed by atoms with Crippen molar-refractivity contribution in [2.75, 3.05) is 12.3 Å². The van der Waals surface area contributed by atoms with Gasteiger partial charge in [-0.2, -0.15) is 0 Å². The van der Waals surface area contributed by atoms with E-state index >= 15 is 0 Å². The number of carbonyl (C=O) groups excluding carboxylic acids is 1. The number of esters is 1. The fraction of sp³-hybridized carbons (Fsp3) is 0.400. The summed E-state index contributed by atoms with van der Waals surface area (Å²) < 4.78 is 10.4. The molecule has 4 nitrogen and oxygen atoms in total. The number of rotatable bonds is 4. The molecule has 0 aliphatic heterocycles. The van der Waals surface area contributed by atoms with Crippen LogP contribution in [0.3, 0.4) is 0 Å². The summed E-state index contributed by atoms with van der Waals surface area (Å²) in [5.41, 5.74) is 8.63. The van der Waals surface area contributed by atoms with E-state index in [9.17, 15) is 4.79 Å². The molecule has 0 saturated heterocycles. The van der Waals surface area contributed by atoms with Crippen LogP contribution in [-0.4, -0.2) is 12.6 Å². The van der Waals surface area contributed by atoms with E-state index in [2.05, 4.69) is 13.8 Å². The fourth-order valence-electron chi connectivity index (χ4n) is 2.16. The number of ether oxygens (including phenoxy) is 1. The van der Waals surface area contributed by atoms with E-state index in [4.69, 9.17) is 14.9 Å². The topological polar surface area (TPSA) is 65.5 Å². The summed E-state index contributed by atoms with van der Waals surface area (Å²) in [5, 5.41) is 0. The molecule has 20 heavy (non-hydrogen) atoms. The van der Waals surface area contributed by atoms with E-state index in [1.54, 1.807) is 13.2 Å². The van der Waals surface area contributed by atoms with E-state index in [0.29, 0.717) is 17.2 Å². The fourth-order valence-corrected chi connectivity index (χ4v) is 3.40. The van der Waals surface area contributed by atoms with Crippen molar-refractivity contribution in [3.05, 3.63) is 28.5 Å². The molecule has 0 amide bonds. The summed E-state index contributed by atoms with van der Waals surface area (Å²) in [6.07, 6.45) is 1.70. The second-order valence-corrected chi connectivity index (χ2v) is 5.93. The number of furan rings is 1. The molecule has 0 spiro atoms. The lowest BCUT2D eigenvalue weighted by Crippen LogP contribution is -2.06. The molecule has 2 aromatic heterocycles. The van der Waals surface area contributed by atoms with Crippen molar-refractivity contribution >= 4 is 23.0 Å². The van der Waals surface area contributed by atoms with Gasteiger partial charge < -0.3 is 14.9 Å². The third-order valence-electron chi connectivity index (χ3n) is 3.01. The summed E-state index contributed by atoms with van der Waals surface area (Å²) >= 11 is 1.37. The maximum Gasteiger partial charge on any atom is 0.350 e. The van der Waals surface area contributed by atoms with Crippen LogP contribution in [0.2, 0.25) is 0 Å². The molecule has 0 radical (unpaired) electrons. The molecule has 5 heteroatoms. The summed E-state index contributed by atoms with van der Waals surface area (Å²) in [6.45, 7) is 8.13. The number of nitrogen functional groups attached to an aromatic ring is 1. The number of aryl methyl sites for hydroxylation is 1. The number of carbonyl (C=O) groups is 1. The summed E-state index contributed by atoms with van der Waals surface area (Å²) in [4.78, 5) is 13.4. The van der Waals surface area contributed by atoms with Crippen molar-refractivity contribution in [2.45, 2.75) is 33.6 Å². The van der Waals surface area contributed by atoms with Gasteiger partial charge in [-0.1, -0.05) is 13.8 Å². The van der Waals surface area contributed by atoms with E-state index in [1.807, 2.05) is 13.0 Å². The number of anilines is 1. The van der Waals surface area contributed by atoms with Crippen molar-refractivity contribution in [3.63, 3.8) is 0 Å². The van der Waals surface area contributed by atoms with E-state index in [0.717, 1.165) is 21.8 Å². The molecule has 2 heterocycles. The SMILES string of the molecule is CCOC(=O)c1sc(-c2coc(C)c2)c(C(C)C)c1N. The largest absolute Gasteiger partial charge is 0.469 e. The molecule has 2 N–H and O–H groups in total. The average Bonchev–Trinajstić information content (AvgIpc) is 2.93. The van der Waals surface area contributed by atoms with Crippen molar-refractivity contribution in [2.24, 2.45) is 0 Å². The average molecular weight is 293 g/mol. The summed E-state index contributed by atoms with van der Waals surface area (Å²) in [6, 6.07) is 1.95. The molecule has 2 aromatic rings. The molecular weight excluding hydrogens is 274 g/mol. The Labute approximate surface area is 122 Å². The smallest absolute Gasteiger partial charge is 0.350 e. The minimum Gasteiger partial charge on any atom is -0.469 e. The van der Waals surface area contributed by atoms with Gasteiger partial charge in [0.25, 0.3) is 0 Å². The van der Waals surface area contributed by atoms with Crippen molar-refractivity contribution in [3.8, 4) is 10.4 Å². The number of hydrogen-bond acceptors (Lipinski definition) is 5. The molecule has 0 aliphatic carbocycles. The highest BCUT2D eigenvalue weighted by atomic mass is 32.1. The molecular formula is C15H19NO3S. The molecule has 2 rings (SSSR count). The maximum absolute atomic E-state index is 12.0. The van der Waals surface area contributed by atoms with Gasteiger partial charge in [-0.15, -0.1) is 11.3 Å². The third-order valence-corrected chi connectivity index (χ3v) is 4.26. The third kappa shape index (κ3) is 2.58. The molecule has 0 atom stereocenters. The van der Waals surface area contributed by atoms with Gasteiger partial charge in [-0.3, -0.25) is 0 Å². The standard InChI is InChI=1S/C15H19NO3S/c1-5-18-15(17)14-12(16)11(8(2)3)13(20-14)10-6-9(4)19-7-10/h6-8H,5,16H2,1-4H3. The first-order valence-electron chi connectivity index (χ1n) is 6.60. The molecule has 0 saturated carbocycles. The zero-order valence-electron chi connectivity index (χ0n) is 12.1. The Hall–Kier alpha value is -1.75. The zero-order valence-corrected chi connectivity index (χ0v) is 13.0. The molecule has 0 bridgehead atoms. The van der Waals surface area contributed by atoms with Gasteiger partial charge in [0, 0.05) is 10.4 Å². The van der Waals surface area contributed by atoms with Crippen molar-refractivity contribution < 1.29 is 13.9 Å². The monoisotopic (exact) mass is 293 g/mol. The van der Waals surface area contributed by atoms with Crippen LogP contribution in [0, 0.1) is 6.92 Å². The second-order valence-electron chi connectivity index (χ2n) is 4.91. The van der Waals surface area contributed by atoms with Crippen LogP contribution in [0.4, 0.5) is 5.69 Å². The first kappa shape index (κ1) is 14.7. The molecule has 0 unspecified atom stereocenters. The minimum atomic E-state index is -0.358. The van der Waals surface area contributed by atoms with Gasteiger partial charge in [0.2, 0.25) is 0 Å². The summed E-state index contributed by atoms with van der Waals surface area (Å²) in [7, 11) is 0. The highest BCUT2D eigenvalue weighted by Gasteiger charge is 2.24. The van der Waals surface area contributed by atoms with Gasteiger partial charge in [0.1, 0.15) is 10.6 Å². The first-order chi connectivity index (χ1) is 9.45. The van der Waals surface area contributed by atoms with Gasteiger partial charge in [0.15, 0.2) is 0 Å². The molecule has 0 aromatic carbocycles. The van der Waals surface area contributed by atoms with E-state index in [1.165, 1.54) is 11.3 Å². The Kier molecular flexibility index (Phi) is 4.18. The van der Waals surface area contributed by atoms with Gasteiger partial charge in [-0.25, -0.2) is 4.79 Å². The van der Waals surface area contributed by atoms with Gasteiger partial charge >= 0.3 is 5.97 Å². The lowest BCUT2D eigenvalue weighted by atomic mass is 9.99. The second kappa shape index (κ2) is 5.71. The Bertz CT molecular complexity index is 625. The predicted octanol–water partition coefficient (Wildman–Crippen LogP) is 4.20. The quantitative estimate of drug-likeness (QED) is 0.858. The van der Waals surface area contributed by atoms with Crippen LogP contribution in [0.25, 0.3) is 10.4 Å². The zero-order chi connectivity index (χ0) is 14.9. The van der Waals surface area contributed by atoms with E-state index in [-0.39, 0.29) is 11.9 Å². The lowest BCUT2D eigenvalue weighted by molar-refractivity contribution is 0.0533. The van der Waals surface area contributed by atoms with E-state index < -0.39 is 0 Å². The predicted molar refractivity (Wildman–Crippen MR) is 81.2 cm³/mol. The first-order valence-corrected chi connectivity index (χ1v) is 7.42. The van der Waals surface area contributed by atoms with Crippen LogP contribution >= 0.6 is 11.3 Å². The molecule has 0 fully saturated rings. The highest BCUT2D eigenvalue weighted by molar-refractivity contribution is 7.18. The summed E-state index contributed by atoms with van der Waals surface area (Å²) in [5.74, 6) is 0.697. The Morgan fingerprint density at radius 2 is 2.20 bits per heavy atom. The number of nitrogens with two attached hydrogens (primary N) is 1. The van der Waals surface area contributed by atoms with Crippen LogP contribution in [0.5, 0.6) is 0 Å². The molecule has 108 valence electrons. The number of hydrogen-bond donors (Lipinski definition) is 1. The Balaban J connectivity index is 2.56. The van der Waals surface area contributed by atoms with Gasteiger partial charge in [0.05, 0.1) is 18.6 Å². The number of thiophene rings is 1. The Morgan fingerprint density at radius 3 is 2.70 bits per heavy atom. The highest BCUT2D eigenvalue weighted by Crippen LogP contribution is 2.43. The molecule has 0 aliphatic rings. The maximum atomic E-state index is 12.0. The lowest BCUT2D eigenvalue weighted by Gasteiger charge is -2.07. The van der Waals surface area contributed by atoms with Crippen LogP contribution in [0.15, 0.2) is 16.7 Å². The normalized spacial score (nSPS) is 11.1. The minimum absolute atomic E-state index is 0.222. The van der Waals surface area contributed by atoms with Crippen molar-refractivity contribution in [1.29, 1.82) is 0 Å². The van der Waals surface area contributed by atoms with Crippen LogP contribution in [-0.2, 0) is 4.74 Å². The van der Waals surface area contributed by atoms with Gasteiger partial charge in [-0.05, 0) is 31.4 Å². The van der Waals surface area contributed by atoms with Crippen LogP contribution < -0.4 is 5.73 Å². The van der Waals surface area contributed by atoms with Crippen LogP contribution in [0.1, 0.15) is 47.7 Å².